The first-order chi connectivity index (χ1) is 12.8. The maximum atomic E-state index is 12.0. The number of benzene rings is 2. The predicted molar refractivity (Wildman–Crippen MR) is 103 cm³/mol. The van der Waals surface area contributed by atoms with Crippen molar-refractivity contribution in [1.29, 1.82) is 0 Å². The van der Waals surface area contributed by atoms with E-state index in [1.165, 1.54) is 6.07 Å². The Hall–Kier alpha value is -2.79. The third kappa shape index (κ3) is 4.49. The average molecular weight is 387 g/mol. The van der Waals surface area contributed by atoms with Gasteiger partial charge in [0.25, 0.3) is 0 Å². The van der Waals surface area contributed by atoms with Gasteiger partial charge < -0.3 is 13.9 Å². The molecule has 0 saturated carbocycles. The molecule has 2 aromatic carbocycles. The largest absolute Gasteiger partial charge is 0.482 e. The van der Waals surface area contributed by atoms with Crippen LogP contribution in [-0.2, 0) is 16.1 Å². The summed E-state index contributed by atoms with van der Waals surface area (Å²) in [6.45, 7) is 5.48. The highest BCUT2D eigenvalue weighted by Gasteiger charge is 2.11. The van der Waals surface area contributed by atoms with Crippen LogP contribution in [0.4, 0.5) is 0 Å². The SMILES string of the molecule is Cc1cc2oc(=O)cc(COC(=O)COc3ccc(Cl)cc3C)c2cc1C. The molecule has 0 aliphatic heterocycles. The molecule has 6 heteroatoms. The molecule has 3 rings (SSSR count). The number of rotatable bonds is 5. The number of carbonyl (C=O) groups is 1. The van der Waals surface area contributed by atoms with Gasteiger partial charge in [0, 0.05) is 22.0 Å². The van der Waals surface area contributed by atoms with Crippen molar-refractivity contribution in [2.24, 2.45) is 0 Å². The Bertz CT molecular complexity index is 1070. The van der Waals surface area contributed by atoms with E-state index in [1.54, 1.807) is 18.2 Å². The van der Waals surface area contributed by atoms with Gasteiger partial charge in [-0.15, -0.1) is 0 Å². The number of fused-ring (bicyclic) bond motifs is 1. The second-order valence-electron chi connectivity index (χ2n) is 6.38. The molecule has 0 bridgehead atoms. The Morgan fingerprint density at radius 1 is 1.04 bits per heavy atom. The van der Waals surface area contributed by atoms with Crippen molar-refractivity contribution in [2.75, 3.05) is 6.61 Å². The number of ether oxygens (including phenoxy) is 2. The Morgan fingerprint density at radius 2 is 1.78 bits per heavy atom. The molecule has 0 unspecified atom stereocenters. The normalized spacial score (nSPS) is 10.8. The molecule has 0 aliphatic carbocycles. The fraction of sp³-hybridized carbons (Fsp3) is 0.238. The summed E-state index contributed by atoms with van der Waals surface area (Å²) < 4.78 is 16.0. The zero-order valence-corrected chi connectivity index (χ0v) is 16.1. The van der Waals surface area contributed by atoms with E-state index in [1.807, 2.05) is 32.9 Å². The van der Waals surface area contributed by atoms with Gasteiger partial charge in [-0.25, -0.2) is 9.59 Å². The Labute approximate surface area is 161 Å². The molecule has 1 heterocycles. The second kappa shape index (κ2) is 7.84. The van der Waals surface area contributed by atoms with E-state index in [4.69, 9.17) is 25.5 Å². The van der Waals surface area contributed by atoms with Crippen LogP contribution in [0.3, 0.4) is 0 Å². The lowest BCUT2D eigenvalue weighted by atomic mass is 10.0. The first kappa shape index (κ1) is 19.0. The molecule has 0 amide bonds. The summed E-state index contributed by atoms with van der Waals surface area (Å²) in [7, 11) is 0. The molecule has 3 aromatic rings. The van der Waals surface area contributed by atoms with E-state index in [0.29, 0.717) is 21.9 Å². The summed E-state index contributed by atoms with van der Waals surface area (Å²) in [5, 5.41) is 1.35. The van der Waals surface area contributed by atoms with Crippen LogP contribution in [0, 0.1) is 20.8 Å². The van der Waals surface area contributed by atoms with Crippen LogP contribution in [0.15, 0.2) is 45.6 Å². The fourth-order valence-electron chi connectivity index (χ4n) is 2.71. The standard InChI is InChI=1S/C21H19ClO5/c1-12-7-17-15(9-20(23)27-19(17)8-13(12)2)10-26-21(24)11-25-18-5-4-16(22)6-14(18)3/h4-9H,10-11H2,1-3H3. The Kier molecular flexibility index (Phi) is 5.51. The van der Waals surface area contributed by atoms with Gasteiger partial charge in [0.05, 0.1) is 0 Å². The lowest BCUT2D eigenvalue weighted by molar-refractivity contribution is -0.147. The quantitative estimate of drug-likeness (QED) is 0.477. The van der Waals surface area contributed by atoms with E-state index in [2.05, 4.69) is 0 Å². The van der Waals surface area contributed by atoms with Gasteiger partial charge in [0.15, 0.2) is 6.61 Å². The van der Waals surface area contributed by atoms with Crippen molar-refractivity contribution in [1.82, 2.24) is 0 Å². The van der Waals surface area contributed by atoms with E-state index < -0.39 is 11.6 Å². The topological polar surface area (TPSA) is 65.7 Å². The van der Waals surface area contributed by atoms with E-state index >= 15 is 0 Å². The van der Waals surface area contributed by atoms with Gasteiger partial charge in [-0.05, 0) is 67.8 Å². The van der Waals surface area contributed by atoms with Gasteiger partial charge in [-0.1, -0.05) is 11.6 Å². The lowest BCUT2D eigenvalue weighted by Crippen LogP contribution is -2.15. The molecule has 0 saturated heterocycles. The van der Waals surface area contributed by atoms with Crippen LogP contribution in [0.1, 0.15) is 22.3 Å². The molecule has 0 atom stereocenters. The highest BCUT2D eigenvalue weighted by Crippen LogP contribution is 2.23. The first-order valence-corrected chi connectivity index (χ1v) is 8.80. The zero-order valence-electron chi connectivity index (χ0n) is 15.3. The second-order valence-corrected chi connectivity index (χ2v) is 6.82. The van der Waals surface area contributed by atoms with Crippen molar-refractivity contribution in [3.8, 4) is 5.75 Å². The molecule has 0 radical (unpaired) electrons. The number of esters is 1. The van der Waals surface area contributed by atoms with E-state index in [0.717, 1.165) is 22.1 Å². The highest BCUT2D eigenvalue weighted by molar-refractivity contribution is 6.30. The maximum Gasteiger partial charge on any atom is 0.344 e. The van der Waals surface area contributed by atoms with Crippen LogP contribution in [0.2, 0.25) is 5.02 Å². The van der Waals surface area contributed by atoms with Crippen molar-refractivity contribution in [3.63, 3.8) is 0 Å². The predicted octanol–water partition coefficient (Wildman–Crippen LogP) is 4.49. The lowest BCUT2D eigenvalue weighted by Gasteiger charge is -2.11. The maximum absolute atomic E-state index is 12.0. The first-order valence-electron chi connectivity index (χ1n) is 8.42. The van der Waals surface area contributed by atoms with Gasteiger partial charge in [-0.3, -0.25) is 0 Å². The minimum Gasteiger partial charge on any atom is -0.482 e. The van der Waals surface area contributed by atoms with Gasteiger partial charge in [-0.2, -0.15) is 0 Å². The van der Waals surface area contributed by atoms with E-state index in [9.17, 15) is 9.59 Å². The number of halogens is 1. The van der Waals surface area contributed by atoms with Gasteiger partial charge in [0.2, 0.25) is 0 Å². The summed E-state index contributed by atoms with van der Waals surface area (Å²) in [5.74, 6) is 0.0304. The van der Waals surface area contributed by atoms with Gasteiger partial charge >= 0.3 is 11.6 Å². The number of carbonyl (C=O) groups excluding carboxylic acids is 1. The van der Waals surface area contributed by atoms with Crippen molar-refractivity contribution in [3.05, 3.63) is 74.1 Å². The van der Waals surface area contributed by atoms with E-state index in [-0.39, 0.29) is 13.2 Å². The third-order valence-electron chi connectivity index (χ3n) is 4.32. The smallest absolute Gasteiger partial charge is 0.344 e. The summed E-state index contributed by atoms with van der Waals surface area (Å²) in [6.07, 6.45) is 0. The summed E-state index contributed by atoms with van der Waals surface area (Å²) in [4.78, 5) is 23.8. The number of aryl methyl sites for hydroxylation is 3. The molecule has 5 nitrogen and oxygen atoms in total. The molecule has 0 spiro atoms. The summed E-state index contributed by atoms with van der Waals surface area (Å²) in [6, 6.07) is 10.2. The molecule has 0 N–H and O–H groups in total. The van der Waals surface area contributed by atoms with Crippen molar-refractivity contribution >= 4 is 28.5 Å². The van der Waals surface area contributed by atoms with Crippen LogP contribution >= 0.6 is 11.6 Å². The Balaban J connectivity index is 1.70. The number of hydrogen-bond donors (Lipinski definition) is 0. The Morgan fingerprint density at radius 3 is 2.52 bits per heavy atom. The molecular formula is C21H19ClO5. The number of hydrogen-bond acceptors (Lipinski definition) is 5. The molecule has 0 aliphatic rings. The zero-order chi connectivity index (χ0) is 19.6. The summed E-state index contributed by atoms with van der Waals surface area (Å²) >= 11 is 5.90. The van der Waals surface area contributed by atoms with Crippen LogP contribution in [0.5, 0.6) is 5.75 Å². The van der Waals surface area contributed by atoms with Gasteiger partial charge in [0.1, 0.15) is 17.9 Å². The highest BCUT2D eigenvalue weighted by atomic mass is 35.5. The van der Waals surface area contributed by atoms with Crippen LogP contribution in [-0.4, -0.2) is 12.6 Å². The summed E-state index contributed by atoms with van der Waals surface area (Å²) in [5.41, 5.74) is 3.50. The fourth-order valence-corrected chi connectivity index (χ4v) is 2.94. The minimum absolute atomic E-state index is 0.0353. The van der Waals surface area contributed by atoms with Crippen LogP contribution < -0.4 is 10.4 Å². The molecule has 140 valence electrons. The van der Waals surface area contributed by atoms with Crippen molar-refractivity contribution < 1.29 is 18.7 Å². The minimum atomic E-state index is -0.533. The molecule has 0 fully saturated rings. The molecule has 1 aromatic heterocycles. The van der Waals surface area contributed by atoms with Crippen molar-refractivity contribution in [2.45, 2.75) is 27.4 Å². The third-order valence-corrected chi connectivity index (χ3v) is 4.55. The molecular weight excluding hydrogens is 368 g/mol. The average Bonchev–Trinajstić information content (AvgIpc) is 2.60. The monoisotopic (exact) mass is 386 g/mol. The molecule has 27 heavy (non-hydrogen) atoms. The van der Waals surface area contributed by atoms with Crippen LogP contribution in [0.25, 0.3) is 11.0 Å².